The molecule has 0 saturated carbocycles. The third-order valence-corrected chi connectivity index (χ3v) is 14.3. The fraction of sp³-hybridized carbons (Fsp3) is 0.389. The van der Waals surface area contributed by atoms with Crippen LogP contribution in [0.4, 0.5) is 0 Å². The van der Waals surface area contributed by atoms with Crippen LogP contribution in [0.15, 0.2) is 111 Å². The maximum atomic E-state index is 12.3. The Morgan fingerprint density at radius 2 is 0.657 bits per heavy atom. The highest BCUT2D eigenvalue weighted by atomic mass is 16.4. The smallest absolute Gasteiger partial charge is 0.307 e. The van der Waals surface area contributed by atoms with Crippen molar-refractivity contribution in [2.75, 3.05) is 39.3 Å². The van der Waals surface area contributed by atoms with Gasteiger partial charge in [-0.05, 0) is 165 Å². The van der Waals surface area contributed by atoms with Crippen molar-refractivity contribution in [2.24, 2.45) is 35.5 Å². The van der Waals surface area contributed by atoms with E-state index >= 15 is 0 Å². The summed E-state index contributed by atoms with van der Waals surface area (Å²) in [6.07, 6.45) is 25.3. The van der Waals surface area contributed by atoms with Gasteiger partial charge < -0.3 is 31.3 Å². The van der Waals surface area contributed by atoms with Gasteiger partial charge in [0, 0.05) is 127 Å². The third-order valence-electron chi connectivity index (χ3n) is 14.3. The summed E-state index contributed by atoms with van der Waals surface area (Å²) in [7, 11) is 0. The SMILES string of the molecule is O=C(O)[C@@H](Cc1cncc(-c2cncc(CN(Cc3cncc(-c4cncc(C[C@H](C(=O)O)[C@H]5CCNC5)c4)c3)Cc3cncc(-c4cncc(C[C@H](C(=O)O)[C@H]5CCNC5)c4)c3)c2)c1)[C@H]1CCNC1. The fourth-order valence-electron chi connectivity index (χ4n) is 10.6. The van der Waals surface area contributed by atoms with Gasteiger partial charge in [0.2, 0.25) is 0 Å². The summed E-state index contributed by atoms with van der Waals surface area (Å²) in [6, 6.07) is 12.4. The molecule has 3 fully saturated rings. The van der Waals surface area contributed by atoms with Crippen LogP contribution in [0, 0.1) is 35.5 Å². The molecule has 70 heavy (non-hydrogen) atoms. The van der Waals surface area contributed by atoms with Gasteiger partial charge in [-0.15, -0.1) is 0 Å². The molecule has 6 atom stereocenters. The van der Waals surface area contributed by atoms with Crippen molar-refractivity contribution in [3.63, 3.8) is 0 Å². The minimum absolute atomic E-state index is 0.0687. The molecule has 3 saturated heterocycles. The van der Waals surface area contributed by atoms with Crippen molar-refractivity contribution in [1.29, 1.82) is 0 Å². The molecule has 362 valence electrons. The zero-order valence-corrected chi connectivity index (χ0v) is 39.2. The van der Waals surface area contributed by atoms with E-state index in [2.05, 4.69) is 69.0 Å². The number of aromatic nitrogens is 6. The molecule has 9 rings (SSSR count). The minimum Gasteiger partial charge on any atom is -0.481 e. The molecule has 0 radical (unpaired) electrons. The molecule has 16 heteroatoms. The Kier molecular flexibility index (Phi) is 15.6. The van der Waals surface area contributed by atoms with Crippen LogP contribution in [0.1, 0.15) is 52.6 Å². The number of aliphatic carboxylic acids is 3. The maximum Gasteiger partial charge on any atom is 0.307 e. The molecule has 0 aliphatic carbocycles. The largest absolute Gasteiger partial charge is 0.481 e. The van der Waals surface area contributed by atoms with Crippen LogP contribution in [0.2, 0.25) is 0 Å². The molecule has 0 spiro atoms. The number of carboxylic acid groups (broad SMARTS) is 3. The summed E-state index contributed by atoms with van der Waals surface area (Å²) < 4.78 is 0. The Balaban J connectivity index is 0.978. The van der Waals surface area contributed by atoms with Crippen LogP contribution in [0.5, 0.6) is 0 Å². The predicted octanol–water partition coefficient (Wildman–Crippen LogP) is 5.82. The molecule has 0 amide bonds. The fourth-order valence-corrected chi connectivity index (χ4v) is 10.6. The Hall–Kier alpha value is -6.85. The van der Waals surface area contributed by atoms with Gasteiger partial charge in [0.25, 0.3) is 0 Å². The van der Waals surface area contributed by atoms with E-state index in [9.17, 15) is 29.7 Å². The number of carboxylic acids is 3. The van der Waals surface area contributed by atoms with Crippen molar-refractivity contribution >= 4 is 17.9 Å². The Morgan fingerprint density at radius 3 is 0.886 bits per heavy atom. The van der Waals surface area contributed by atoms with Crippen LogP contribution in [0.25, 0.3) is 33.4 Å². The molecular weight excluding hydrogens is 885 g/mol. The standard InChI is InChI=1S/C54H60N10O6/c65-52(66)49(40-1-4-55-22-40)13-34-7-43(25-58-16-34)46-10-37(19-61-28-46)31-64(32-38-11-47(29-62-20-38)44-8-35(17-59-26-44)14-50(53(67)68)41-2-5-56-23-41)33-39-12-48(30-63-21-39)45-9-36(18-60-27-45)15-51(54(69)70)42-3-6-57-24-42/h7-12,16-21,25-30,40-42,49-51,55-57H,1-6,13-15,22-24,31-33H2,(H,65,66)(H,67,68)(H,69,70)/t40-,41-,42-,49-,50-,51-/m0/s1. The van der Waals surface area contributed by atoms with Crippen LogP contribution < -0.4 is 16.0 Å². The zero-order valence-electron chi connectivity index (χ0n) is 39.2. The average molecular weight is 945 g/mol. The second-order valence-corrected chi connectivity index (χ2v) is 19.3. The molecule has 3 aliphatic rings. The number of nitrogens with one attached hydrogen (secondary N) is 3. The topological polar surface area (TPSA) is 229 Å². The van der Waals surface area contributed by atoms with Crippen molar-refractivity contribution in [1.82, 2.24) is 50.8 Å². The van der Waals surface area contributed by atoms with Crippen molar-refractivity contribution in [3.8, 4) is 33.4 Å². The lowest BCUT2D eigenvalue weighted by molar-refractivity contribution is -0.144. The summed E-state index contributed by atoms with van der Waals surface area (Å²) in [4.78, 5) is 66.9. The lowest BCUT2D eigenvalue weighted by Gasteiger charge is -2.23. The average Bonchev–Trinajstić information content (AvgIpc) is 4.21. The zero-order chi connectivity index (χ0) is 48.4. The quantitative estimate of drug-likeness (QED) is 0.0500. The first-order valence-corrected chi connectivity index (χ1v) is 24.3. The van der Waals surface area contributed by atoms with Gasteiger partial charge in [-0.25, -0.2) is 0 Å². The van der Waals surface area contributed by atoms with E-state index in [0.29, 0.717) is 58.5 Å². The molecular formula is C54H60N10O6. The van der Waals surface area contributed by atoms with Crippen molar-refractivity contribution in [3.05, 3.63) is 144 Å². The molecule has 6 aromatic heterocycles. The highest BCUT2D eigenvalue weighted by Gasteiger charge is 2.33. The Labute approximate surface area is 407 Å². The third kappa shape index (κ3) is 12.3. The summed E-state index contributed by atoms with van der Waals surface area (Å²) in [5.74, 6) is -3.67. The maximum absolute atomic E-state index is 12.3. The van der Waals surface area contributed by atoms with E-state index in [0.717, 1.165) is 106 Å². The lowest BCUT2D eigenvalue weighted by atomic mass is 9.86. The van der Waals surface area contributed by atoms with E-state index in [1.807, 2.05) is 55.4 Å². The highest BCUT2D eigenvalue weighted by Crippen LogP contribution is 2.30. The number of nitrogens with zero attached hydrogens (tertiary/aromatic N) is 7. The number of rotatable bonds is 21. The van der Waals surface area contributed by atoms with Gasteiger partial charge in [-0.2, -0.15) is 0 Å². The van der Waals surface area contributed by atoms with Gasteiger partial charge in [0.05, 0.1) is 17.8 Å². The predicted molar refractivity (Wildman–Crippen MR) is 263 cm³/mol. The Bertz CT molecular complexity index is 2480. The van der Waals surface area contributed by atoms with Gasteiger partial charge >= 0.3 is 17.9 Å². The normalized spacial score (nSPS) is 19.2. The molecule has 3 aliphatic heterocycles. The monoisotopic (exact) mass is 944 g/mol. The highest BCUT2D eigenvalue weighted by molar-refractivity contribution is 5.73. The van der Waals surface area contributed by atoms with Crippen LogP contribution in [-0.4, -0.2) is 107 Å². The van der Waals surface area contributed by atoms with E-state index in [1.165, 1.54) is 0 Å². The van der Waals surface area contributed by atoms with E-state index in [1.54, 1.807) is 37.2 Å². The van der Waals surface area contributed by atoms with Gasteiger partial charge in [0.1, 0.15) is 0 Å². The molecule has 0 aromatic carbocycles. The second-order valence-electron chi connectivity index (χ2n) is 19.3. The van der Waals surface area contributed by atoms with Crippen LogP contribution >= 0.6 is 0 Å². The van der Waals surface area contributed by atoms with Crippen molar-refractivity contribution < 1.29 is 29.7 Å². The lowest BCUT2D eigenvalue weighted by Crippen LogP contribution is -2.27. The first-order valence-electron chi connectivity index (χ1n) is 24.3. The number of carbonyl (C=O) groups is 3. The molecule has 0 unspecified atom stereocenters. The van der Waals surface area contributed by atoms with E-state index in [4.69, 9.17) is 0 Å². The van der Waals surface area contributed by atoms with Crippen LogP contribution in [-0.2, 0) is 53.3 Å². The molecule has 9 heterocycles. The van der Waals surface area contributed by atoms with Gasteiger partial charge in [0.15, 0.2) is 0 Å². The van der Waals surface area contributed by atoms with Gasteiger partial charge in [-0.3, -0.25) is 49.2 Å². The molecule has 6 aromatic rings. The van der Waals surface area contributed by atoms with Gasteiger partial charge in [-0.1, -0.05) is 0 Å². The number of hydrogen-bond acceptors (Lipinski definition) is 13. The van der Waals surface area contributed by atoms with Crippen LogP contribution in [0.3, 0.4) is 0 Å². The van der Waals surface area contributed by atoms with E-state index in [-0.39, 0.29) is 17.8 Å². The summed E-state index contributed by atoms with van der Waals surface area (Å²) in [5, 5.41) is 40.3. The molecule has 0 bridgehead atoms. The van der Waals surface area contributed by atoms with E-state index < -0.39 is 35.7 Å². The second kappa shape index (κ2) is 22.7. The summed E-state index contributed by atoms with van der Waals surface area (Å²) in [6.45, 7) is 6.09. The summed E-state index contributed by atoms with van der Waals surface area (Å²) in [5.41, 5.74) is 10.7. The first kappa shape index (κ1) is 48.2. The number of hydrogen-bond donors (Lipinski definition) is 6. The molecule has 6 N–H and O–H groups in total. The number of pyridine rings is 6. The van der Waals surface area contributed by atoms with Crippen molar-refractivity contribution in [2.45, 2.75) is 58.2 Å². The summed E-state index contributed by atoms with van der Waals surface area (Å²) >= 11 is 0. The Morgan fingerprint density at radius 1 is 0.414 bits per heavy atom. The minimum atomic E-state index is -0.789. The molecule has 16 nitrogen and oxygen atoms in total. The first-order chi connectivity index (χ1) is 34.1.